The molecule has 0 radical (unpaired) electrons. The number of rotatable bonds is 10. The van der Waals surface area contributed by atoms with Crippen molar-refractivity contribution in [1.82, 2.24) is 9.13 Å². The first kappa shape index (κ1) is 21.9. The van der Waals surface area contributed by atoms with Crippen molar-refractivity contribution in [3.05, 3.63) is 82.0 Å². The van der Waals surface area contributed by atoms with Crippen molar-refractivity contribution in [2.45, 2.75) is 65.2 Å². The summed E-state index contributed by atoms with van der Waals surface area (Å²) < 4.78 is 3.82. The van der Waals surface area contributed by atoms with Crippen molar-refractivity contribution in [2.24, 2.45) is 20.7 Å². The first-order valence-corrected chi connectivity index (χ1v) is 11.5. The fraction of sp³-hybridized carbons (Fsp3) is 0.400. The summed E-state index contributed by atoms with van der Waals surface area (Å²) in [6, 6.07) is 16.5. The summed E-state index contributed by atoms with van der Waals surface area (Å²) in [5.74, 6) is 0. The van der Waals surface area contributed by atoms with Crippen LogP contribution in [0.5, 0.6) is 0 Å². The predicted octanol–water partition coefficient (Wildman–Crippen LogP) is 6.34. The molecule has 7 nitrogen and oxygen atoms in total. The van der Waals surface area contributed by atoms with Crippen molar-refractivity contribution >= 4 is 0 Å². The Labute approximate surface area is 188 Å². The maximum Gasteiger partial charge on any atom is 0.328 e. The Balaban J connectivity index is 1.59. The molecule has 0 unspecified atom stereocenters. The summed E-state index contributed by atoms with van der Waals surface area (Å²) in [5.41, 5.74) is 5.46. The van der Waals surface area contributed by atoms with Gasteiger partial charge in [0.15, 0.2) is 0 Å². The lowest BCUT2D eigenvalue weighted by molar-refractivity contribution is 0.591. The highest BCUT2D eigenvalue weighted by Gasteiger charge is 2.17. The molecule has 0 aliphatic carbocycles. The zero-order valence-electron chi connectivity index (χ0n) is 18.8. The number of hydrogen-bond acceptors (Lipinski definition) is 5. The Hall–Kier alpha value is -3.35. The SMILES string of the molecule is CCCCc1cn(CCCC)c(=O)n1Cc1ccc(-c2ccccc2C2N=NN=N2)cc1. The van der Waals surface area contributed by atoms with E-state index in [4.69, 9.17) is 0 Å². The number of unbranched alkanes of at least 4 members (excludes halogenated alkanes) is 2. The van der Waals surface area contributed by atoms with E-state index < -0.39 is 0 Å². The number of nitrogens with zero attached hydrogens (tertiary/aromatic N) is 6. The van der Waals surface area contributed by atoms with E-state index in [1.807, 2.05) is 27.3 Å². The third-order valence-corrected chi connectivity index (χ3v) is 5.87. The van der Waals surface area contributed by atoms with Gasteiger partial charge in [-0.15, -0.1) is 10.2 Å². The van der Waals surface area contributed by atoms with Gasteiger partial charge in [-0.1, -0.05) is 75.2 Å². The Bertz CT molecular complexity index is 1140. The quantitative estimate of drug-likeness (QED) is 0.370. The molecule has 0 spiro atoms. The number of benzene rings is 2. The van der Waals surface area contributed by atoms with Crippen LogP contribution in [-0.4, -0.2) is 9.13 Å². The van der Waals surface area contributed by atoms with Gasteiger partial charge in [-0.3, -0.25) is 9.13 Å². The normalized spacial score (nSPS) is 13.3. The molecule has 0 saturated carbocycles. The van der Waals surface area contributed by atoms with Crippen LogP contribution in [0.3, 0.4) is 0 Å². The molecule has 0 amide bonds. The minimum Gasteiger partial charge on any atom is -0.299 e. The summed E-state index contributed by atoms with van der Waals surface area (Å²) in [5, 5.41) is 15.5. The van der Waals surface area contributed by atoms with Crippen LogP contribution < -0.4 is 5.69 Å². The van der Waals surface area contributed by atoms with Gasteiger partial charge >= 0.3 is 5.69 Å². The molecule has 166 valence electrons. The average Bonchev–Trinajstić information content (AvgIpc) is 3.46. The molecule has 32 heavy (non-hydrogen) atoms. The molecule has 3 aromatic rings. The smallest absolute Gasteiger partial charge is 0.299 e. The maximum absolute atomic E-state index is 13.0. The molecule has 1 aliphatic heterocycles. The van der Waals surface area contributed by atoms with Crippen LogP contribution in [0.4, 0.5) is 0 Å². The van der Waals surface area contributed by atoms with Gasteiger partial charge in [-0.05, 0) is 46.4 Å². The zero-order valence-corrected chi connectivity index (χ0v) is 18.8. The van der Waals surface area contributed by atoms with Crippen LogP contribution in [0.2, 0.25) is 0 Å². The van der Waals surface area contributed by atoms with Gasteiger partial charge in [-0.2, -0.15) is 0 Å². The molecule has 2 heterocycles. The van der Waals surface area contributed by atoms with E-state index in [9.17, 15) is 4.79 Å². The van der Waals surface area contributed by atoms with Gasteiger partial charge < -0.3 is 0 Å². The predicted molar refractivity (Wildman–Crippen MR) is 126 cm³/mol. The van der Waals surface area contributed by atoms with Gasteiger partial charge in [-0.25, -0.2) is 4.79 Å². The summed E-state index contributed by atoms with van der Waals surface area (Å²) in [6.07, 6.45) is 6.91. The second-order valence-electron chi connectivity index (χ2n) is 8.21. The maximum atomic E-state index is 13.0. The van der Waals surface area contributed by atoms with E-state index in [1.54, 1.807) is 0 Å². The van der Waals surface area contributed by atoms with Crippen molar-refractivity contribution in [3.8, 4) is 11.1 Å². The molecule has 2 aromatic carbocycles. The molecule has 0 fully saturated rings. The van der Waals surface area contributed by atoms with Crippen LogP contribution in [0.15, 0.2) is 80.2 Å². The van der Waals surface area contributed by atoms with Crippen LogP contribution >= 0.6 is 0 Å². The minimum atomic E-state index is -0.381. The van der Waals surface area contributed by atoms with Crippen molar-refractivity contribution in [2.75, 3.05) is 0 Å². The fourth-order valence-corrected chi connectivity index (χ4v) is 4.05. The minimum absolute atomic E-state index is 0.0935. The molecule has 0 N–H and O–H groups in total. The van der Waals surface area contributed by atoms with Crippen molar-refractivity contribution in [3.63, 3.8) is 0 Å². The van der Waals surface area contributed by atoms with E-state index in [1.165, 1.54) is 0 Å². The zero-order chi connectivity index (χ0) is 22.3. The van der Waals surface area contributed by atoms with Gasteiger partial charge in [0.2, 0.25) is 6.17 Å². The Kier molecular flexibility index (Phi) is 7.04. The van der Waals surface area contributed by atoms with E-state index in [0.717, 1.165) is 66.6 Å². The molecule has 0 bridgehead atoms. The highest BCUT2D eigenvalue weighted by atomic mass is 16.1. The number of aromatic nitrogens is 2. The summed E-state index contributed by atoms with van der Waals surface area (Å²) in [4.78, 5) is 13.0. The monoisotopic (exact) mass is 430 g/mol. The Morgan fingerprint density at radius 1 is 0.906 bits per heavy atom. The summed E-state index contributed by atoms with van der Waals surface area (Å²) in [7, 11) is 0. The third-order valence-electron chi connectivity index (χ3n) is 5.87. The molecule has 4 rings (SSSR count). The summed E-state index contributed by atoms with van der Waals surface area (Å²) in [6.45, 7) is 5.70. The van der Waals surface area contributed by atoms with Gasteiger partial charge in [0.1, 0.15) is 0 Å². The Morgan fingerprint density at radius 3 is 2.34 bits per heavy atom. The number of imidazole rings is 1. The largest absolute Gasteiger partial charge is 0.328 e. The van der Waals surface area contributed by atoms with Gasteiger partial charge in [0.05, 0.1) is 6.54 Å². The van der Waals surface area contributed by atoms with E-state index in [0.29, 0.717) is 6.54 Å². The standard InChI is InChI=1S/C25H30N6O/c1-3-5-9-21-18-30(16-6-4-2)25(32)31(21)17-19-12-14-20(15-13-19)22-10-7-8-11-23(22)24-26-28-29-27-24/h7-8,10-15,18,24H,3-6,9,16-17H2,1-2H3. The first-order chi connectivity index (χ1) is 15.7. The van der Waals surface area contributed by atoms with Crippen LogP contribution in [-0.2, 0) is 19.5 Å². The number of hydrogen-bond donors (Lipinski definition) is 0. The summed E-state index contributed by atoms with van der Waals surface area (Å²) >= 11 is 0. The van der Waals surface area contributed by atoms with Crippen LogP contribution in [0, 0.1) is 0 Å². The third kappa shape index (κ3) is 4.77. The second-order valence-corrected chi connectivity index (χ2v) is 8.21. The Morgan fingerprint density at radius 2 is 1.62 bits per heavy atom. The molecular formula is C25H30N6O. The highest BCUT2D eigenvalue weighted by Crippen LogP contribution is 2.33. The lowest BCUT2D eigenvalue weighted by atomic mass is 9.97. The topological polar surface area (TPSA) is 76.4 Å². The van der Waals surface area contributed by atoms with Crippen LogP contribution in [0.1, 0.15) is 62.5 Å². The molecule has 7 heteroatoms. The number of aryl methyl sites for hydroxylation is 2. The van der Waals surface area contributed by atoms with Crippen molar-refractivity contribution < 1.29 is 0 Å². The molecule has 0 atom stereocenters. The molecular weight excluding hydrogens is 400 g/mol. The highest BCUT2D eigenvalue weighted by molar-refractivity contribution is 5.68. The first-order valence-electron chi connectivity index (χ1n) is 11.5. The molecule has 0 saturated heterocycles. The van der Waals surface area contributed by atoms with Crippen LogP contribution in [0.25, 0.3) is 11.1 Å². The van der Waals surface area contributed by atoms with Gasteiger partial charge in [0, 0.05) is 24.0 Å². The van der Waals surface area contributed by atoms with E-state index >= 15 is 0 Å². The van der Waals surface area contributed by atoms with Crippen molar-refractivity contribution in [1.29, 1.82) is 0 Å². The van der Waals surface area contributed by atoms with E-state index in [-0.39, 0.29) is 11.9 Å². The second kappa shape index (κ2) is 10.3. The lowest BCUT2D eigenvalue weighted by Crippen LogP contribution is -2.25. The van der Waals surface area contributed by atoms with Gasteiger partial charge in [0.25, 0.3) is 0 Å². The lowest BCUT2D eigenvalue weighted by Gasteiger charge is -2.12. The molecule has 1 aliphatic rings. The average molecular weight is 431 g/mol. The fourth-order valence-electron chi connectivity index (χ4n) is 4.05. The van der Waals surface area contributed by atoms with E-state index in [2.05, 4.69) is 71.1 Å². The molecule has 1 aromatic heterocycles.